The van der Waals surface area contributed by atoms with Gasteiger partial charge in [0.1, 0.15) is 22.3 Å². The van der Waals surface area contributed by atoms with Crippen molar-refractivity contribution in [3.8, 4) is 0 Å². The van der Waals surface area contributed by atoms with Gasteiger partial charge in [-0.15, -0.1) is 11.3 Å². The molecule has 1 saturated heterocycles. The van der Waals surface area contributed by atoms with E-state index in [1.165, 1.54) is 6.07 Å². The summed E-state index contributed by atoms with van der Waals surface area (Å²) >= 11 is 18.7. The molecule has 0 aliphatic carbocycles. The van der Waals surface area contributed by atoms with Gasteiger partial charge in [-0.05, 0) is 56.0 Å². The first-order chi connectivity index (χ1) is 25.3. The number of carboxylic acid groups (broad SMARTS) is 2. The minimum atomic E-state index is -4.41. The van der Waals surface area contributed by atoms with Gasteiger partial charge in [-0.2, -0.15) is 0 Å². The lowest BCUT2D eigenvalue weighted by Gasteiger charge is -2.24. The second-order valence-electron chi connectivity index (χ2n) is 12.1. The van der Waals surface area contributed by atoms with Crippen molar-refractivity contribution in [1.82, 2.24) is 26.2 Å². The van der Waals surface area contributed by atoms with Gasteiger partial charge in [0.15, 0.2) is 0 Å². The zero-order valence-electron chi connectivity index (χ0n) is 28.3. The fraction of sp³-hybridized carbons (Fsp3) is 0.452. The number of halogens is 3. The van der Waals surface area contributed by atoms with E-state index in [1.807, 2.05) is 0 Å². The van der Waals surface area contributed by atoms with Gasteiger partial charge in [0.2, 0.25) is 33.7 Å². The van der Waals surface area contributed by atoms with Gasteiger partial charge < -0.3 is 42.1 Å². The average molecular weight is 855 g/mol. The maximum atomic E-state index is 13.7. The molecule has 2 heterocycles. The topological polar surface area (TPSA) is 297 Å². The van der Waals surface area contributed by atoms with Crippen molar-refractivity contribution < 1.29 is 52.2 Å². The minimum absolute atomic E-state index is 0.0613. The van der Waals surface area contributed by atoms with Crippen molar-refractivity contribution >= 4 is 97.6 Å². The van der Waals surface area contributed by atoms with Crippen LogP contribution in [-0.4, -0.2) is 109 Å². The van der Waals surface area contributed by atoms with E-state index in [0.717, 1.165) is 11.0 Å². The van der Waals surface area contributed by atoms with Crippen LogP contribution in [0.15, 0.2) is 28.5 Å². The van der Waals surface area contributed by atoms with E-state index >= 15 is 0 Å². The lowest BCUT2D eigenvalue weighted by atomic mass is 10.1. The summed E-state index contributed by atoms with van der Waals surface area (Å²) in [5, 5.41) is 34.4. The van der Waals surface area contributed by atoms with E-state index in [-0.39, 0.29) is 41.7 Å². The Morgan fingerprint density at radius 1 is 0.944 bits per heavy atom. The number of carboxylic acids is 2. The van der Waals surface area contributed by atoms with Crippen LogP contribution >= 0.6 is 46.1 Å². The first-order valence-electron chi connectivity index (χ1n) is 16.2. The molecule has 5 amide bonds. The Balaban J connectivity index is 1.68. The highest BCUT2D eigenvalue weighted by molar-refractivity contribution is 7.91. The summed E-state index contributed by atoms with van der Waals surface area (Å²) < 4.78 is 23.8. The monoisotopic (exact) mass is 853 g/mol. The molecular formula is C31H38Cl3N7O11S2. The molecular weight excluding hydrogens is 817 g/mol. The highest BCUT2D eigenvalue weighted by Crippen LogP contribution is 2.33. The van der Waals surface area contributed by atoms with E-state index < -0.39 is 98.3 Å². The molecule has 18 nitrogen and oxygen atoms in total. The van der Waals surface area contributed by atoms with Gasteiger partial charge in [-0.3, -0.25) is 24.0 Å². The Bertz CT molecular complexity index is 1880. The summed E-state index contributed by atoms with van der Waals surface area (Å²) in [7, 11) is -4.41. The van der Waals surface area contributed by atoms with Gasteiger partial charge in [0, 0.05) is 35.6 Å². The first-order valence-corrected chi connectivity index (χ1v) is 19.7. The Morgan fingerprint density at radius 2 is 1.61 bits per heavy atom. The van der Waals surface area contributed by atoms with Crippen LogP contribution in [0.5, 0.6) is 0 Å². The molecule has 0 unspecified atom stereocenters. The molecule has 10 N–H and O–H groups in total. The number of nitrogens with one attached hydrogen (secondary N) is 4. The molecule has 1 aliphatic heterocycles. The third-order valence-electron chi connectivity index (χ3n) is 8.01. The van der Waals surface area contributed by atoms with Crippen LogP contribution in [0.2, 0.25) is 14.4 Å². The molecule has 54 heavy (non-hydrogen) atoms. The zero-order chi connectivity index (χ0) is 40.3. The molecule has 0 spiro atoms. The number of aliphatic carboxylic acids is 2. The number of hydrogen-bond acceptors (Lipinski definition) is 11. The molecule has 296 valence electrons. The predicted octanol–water partition coefficient (Wildman–Crippen LogP) is 0.462. The molecule has 3 rings (SSSR count). The first kappa shape index (κ1) is 44.3. The van der Waals surface area contributed by atoms with E-state index in [2.05, 4.69) is 21.3 Å². The molecule has 1 aromatic heterocycles. The van der Waals surface area contributed by atoms with Gasteiger partial charge in [-0.1, -0.05) is 40.9 Å². The maximum absolute atomic E-state index is 13.7. The van der Waals surface area contributed by atoms with Crippen molar-refractivity contribution in [2.45, 2.75) is 73.3 Å². The number of thiophene rings is 1. The molecule has 1 aromatic carbocycles. The molecule has 23 heteroatoms. The number of rotatable bonds is 19. The maximum Gasteiger partial charge on any atom is 0.326 e. The Labute approximate surface area is 328 Å². The van der Waals surface area contributed by atoms with Crippen molar-refractivity contribution in [2.24, 2.45) is 10.9 Å². The van der Waals surface area contributed by atoms with Gasteiger partial charge in [0.25, 0.3) is 5.91 Å². The average Bonchev–Trinajstić information content (AvgIpc) is 3.68. The Hall–Kier alpha value is -4.05. The number of carbonyl (C=O) groups is 7. The smallest absolute Gasteiger partial charge is 0.326 e. The van der Waals surface area contributed by atoms with Crippen molar-refractivity contribution in [1.29, 1.82) is 0 Å². The van der Waals surface area contributed by atoms with Crippen LogP contribution in [0.4, 0.5) is 0 Å². The number of nitrogens with two attached hydrogens (primary N) is 2. The fourth-order valence-corrected chi connectivity index (χ4v) is 8.21. The van der Waals surface area contributed by atoms with Crippen LogP contribution in [0, 0.1) is 0 Å². The van der Waals surface area contributed by atoms with Crippen LogP contribution < -0.4 is 32.1 Å². The highest BCUT2D eigenvalue weighted by atomic mass is 35.5. The molecule has 1 fully saturated rings. The van der Waals surface area contributed by atoms with E-state index in [1.54, 1.807) is 12.1 Å². The normalized spacial score (nSPS) is 16.6. The highest BCUT2D eigenvalue weighted by Gasteiger charge is 2.42. The summed E-state index contributed by atoms with van der Waals surface area (Å²) in [4.78, 5) is 89.4. The SMILES string of the molecule is NCCCC[C@H](NC(=O)C[C@H](NC(=O)CCNC(=O)[C@H]1C[C@H](NC(=O)Cc2ccc(Cl)cc2Cl)CN1C(=O)c1cc(Cl)sc1S(N)(=O)=O)C(=O)O)C(=O)O. The van der Waals surface area contributed by atoms with Gasteiger partial charge in [-0.25, -0.2) is 23.1 Å². The standard InChI is InChI=1S/C31H38Cl3N7O11S2/c32-16-5-4-15(19(33)10-16)9-25(43)38-17-11-22(41(14-17)28(46)18-12-23(34)53-31(18)54(36,51)52)27(45)37-8-6-24(42)40-21(30(49)50)13-26(44)39-20(29(47)48)3-1-2-7-35/h4-5,10,12,17,20-22H,1-3,6-9,11,13-14,35H2,(H,37,45)(H,38,43)(H,39,44)(H,40,42)(H,47,48)(H,49,50)(H2,36,51,52)/t17-,20-,21-,22+/m0/s1. The number of benzene rings is 1. The molecule has 0 radical (unpaired) electrons. The van der Waals surface area contributed by atoms with Gasteiger partial charge in [0.05, 0.1) is 22.7 Å². The molecule has 2 aromatic rings. The third kappa shape index (κ3) is 13.1. The summed E-state index contributed by atoms with van der Waals surface area (Å²) in [6.45, 7) is -0.298. The number of nitrogens with zero attached hydrogens (tertiary/aromatic N) is 1. The van der Waals surface area contributed by atoms with E-state index in [0.29, 0.717) is 41.3 Å². The summed E-state index contributed by atoms with van der Waals surface area (Å²) in [5.41, 5.74) is 5.47. The molecule has 4 atom stereocenters. The van der Waals surface area contributed by atoms with E-state index in [4.69, 9.17) is 45.7 Å². The lowest BCUT2D eigenvalue weighted by molar-refractivity contribution is -0.144. The number of carbonyl (C=O) groups excluding carboxylic acids is 5. The molecule has 0 bridgehead atoms. The number of sulfonamides is 1. The van der Waals surface area contributed by atoms with Crippen LogP contribution in [0.25, 0.3) is 0 Å². The van der Waals surface area contributed by atoms with Crippen LogP contribution in [0.1, 0.15) is 54.4 Å². The number of likely N-dealkylation sites (tertiary alicyclic amines) is 1. The van der Waals surface area contributed by atoms with Crippen molar-refractivity contribution in [2.75, 3.05) is 19.6 Å². The van der Waals surface area contributed by atoms with E-state index in [9.17, 15) is 52.2 Å². The second-order valence-corrected chi connectivity index (χ2v) is 16.4. The quantitative estimate of drug-likeness (QED) is 0.0895. The van der Waals surface area contributed by atoms with Crippen LogP contribution in [-0.2, 0) is 45.2 Å². The minimum Gasteiger partial charge on any atom is -0.480 e. The largest absolute Gasteiger partial charge is 0.480 e. The summed E-state index contributed by atoms with van der Waals surface area (Å²) in [6, 6.07) is 0.539. The van der Waals surface area contributed by atoms with Crippen molar-refractivity contribution in [3.05, 3.63) is 49.8 Å². The number of hydrogen-bond donors (Lipinski definition) is 8. The Morgan fingerprint density at radius 3 is 2.22 bits per heavy atom. The molecule has 1 aliphatic rings. The predicted molar refractivity (Wildman–Crippen MR) is 197 cm³/mol. The van der Waals surface area contributed by atoms with Gasteiger partial charge >= 0.3 is 11.9 Å². The second kappa shape index (κ2) is 20.0. The zero-order valence-corrected chi connectivity index (χ0v) is 32.2. The number of amides is 5. The summed E-state index contributed by atoms with van der Waals surface area (Å²) in [6.07, 6.45) is -0.586. The molecule has 0 saturated carbocycles. The number of primary sulfonamides is 1. The van der Waals surface area contributed by atoms with Crippen molar-refractivity contribution in [3.63, 3.8) is 0 Å². The third-order valence-corrected chi connectivity index (χ3v) is 11.3. The lowest BCUT2D eigenvalue weighted by Crippen LogP contribution is -2.48. The van der Waals surface area contributed by atoms with Crippen LogP contribution in [0.3, 0.4) is 0 Å². The number of unbranched alkanes of at least 4 members (excludes halogenated alkanes) is 1. The summed E-state index contributed by atoms with van der Waals surface area (Å²) in [5.74, 6) is -6.95. The Kier molecular flexibility index (Phi) is 16.5. The fourth-order valence-electron chi connectivity index (χ4n) is 5.46.